The van der Waals surface area contributed by atoms with E-state index in [0.717, 1.165) is 50.8 Å². The highest BCUT2D eigenvalue weighted by atomic mass is 19.1. The number of carbonyl (C=O) groups excluding carboxylic acids is 2. The van der Waals surface area contributed by atoms with E-state index in [0.29, 0.717) is 60.5 Å². The second-order valence-corrected chi connectivity index (χ2v) is 18.0. The van der Waals surface area contributed by atoms with Gasteiger partial charge in [-0.25, -0.2) is 8.78 Å². The van der Waals surface area contributed by atoms with Crippen molar-refractivity contribution < 1.29 is 34.0 Å². The summed E-state index contributed by atoms with van der Waals surface area (Å²) in [5, 5.41) is 0. The van der Waals surface area contributed by atoms with Crippen molar-refractivity contribution in [1.29, 1.82) is 0 Å². The van der Waals surface area contributed by atoms with Gasteiger partial charge < -0.3 is 19.1 Å². The number of fused-ring (bicyclic) bond motifs is 4. The first kappa shape index (κ1) is 34.0. The molecule has 2 heterocycles. The van der Waals surface area contributed by atoms with E-state index < -0.39 is 11.6 Å². The van der Waals surface area contributed by atoms with Crippen LogP contribution in [-0.4, -0.2) is 79.4 Å². The number of nitrogens with zero attached hydrogens (tertiary/aromatic N) is 2. The average Bonchev–Trinajstić information content (AvgIpc) is 3.62. The molecule has 7 nitrogen and oxygen atoms in total. The van der Waals surface area contributed by atoms with Gasteiger partial charge in [0, 0.05) is 46.0 Å². The maximum absolute atomic E-state index is 13.9. The summed E-state index contributed by atoms with van der Waals surface area (Å²) in [6, 6.07) is 3.48. The molecule has 5 saturated carbocycles. The number of esters is 1. The number of amides is 1. The van der Waals surface area contributed by atoms with Crippen molar-refractivity contribution >= 4 is 11.9 Å². The highest BCUT2D eigenvalue weighted by Gasteiger charge is 2.80. The lowest BCUT2D eigenvalue weighted by Gasteiger charge is -2.59. The molecule has 0 bridgehead atoms. The monoisotopic (exact) mass is 684 g/mol. The molecule has 0 radical (unpaired) electrons. The topological polar surface area (TPSA) is 68.3 Å². The first-order valence-corrected chi connectivity index (χ1v) is 19.2. The van der Waals surface area contributed by atoms with Crippen LogP contribution < -0.4 is 0 Å². The van der Waals surface area contributed by atoms with Gasteiger partial charge in [0.25, 0.3) is 0 Å². The molecule has 2 spiro atoms. The Morgan fingerprint density at radius 3 is 2.41 bits per heavy atom. The van der Waals surface area contributed by atoms with E-state index in [-0.39, 0.29) is 49.0 Å². The van der Waals surface area contributed by atoms with Crippen molar-refractivity contribution in [3.05, 3.63) is 35.4 Å². The molecular formula is C40H58F2N2O5. The minimum atomic E-state index is -0.624. The van der Waals surface area contributed by atoms with E-state index >= 15 is 0 Å². The van der Waals surface area contributed by atoms with Crippen LogP contribution in [0, 0.1) is 57.0 Å². The first-order valence-electron chi connectivity index (χ1n) is 19.2. The first-order chi connectivity index (χ1) is 23.3. The number of hydrogen-bond acceptors (Lipinski definition) is 6. The number of ether oxygens (including phenoxy) is 3. The van der Waals surface area contributed by atoms with Crippen LogP contribution in [0.1, 0.15) is 98.9 Å². The highest BCUT2D eigenvalue weighted by Crippen LogP contribution is 2.87. The zero-order valence-electron chi connectivity index (χ0n) is 30.0. The van der Waals surface area contributed by atoms with Crippen LogP contribution in [0.25, 0.3) is 0 Å². The van der Waals surface area contributed by atoms with E-state index in [1.165, 1.54) is 57.6 Å². The average molecular weight is 685 g/mol. The van der Waals surface area contributed by atoms with E-state index in [9.17, 15) is 18.4 Å². The van der Waals surface area contributed by atoms with Crippen LogP contribution in [0.2, 0.25) is 0 Å². The molecule has 1 aromatic rings. The lowest BCUT2D eigenvalue weighted by Crippen LogP contribution is -2.55. The Morgan fingerprint density at radius 1 is 0.939 bits per heavy atom. The summed E-state index contributed by atoms with van der Waals surface area (Å²) in [4.78, 5) is 29.6. The number of benzene rings is 1. The molecule has 10 atom stereocenters. The molecule has 5 aliphatic carbocycles. The van der Waals surface area contributed by atoms with Crippen LogP contribution in [-0.2, 0) is 30.3 Å². The zero-order valence-corrected chi connectivity index (χ0v) is 30.0. The molecule has 2 aliphatic heterocycles. The summed E-state index contributed by atoms with van der Waals surface area (Å²) >= 11 is 0. The van der Waals surface area contributed by atoms with Crippen LogP contribution in [0.3, 0.4) is 0 Å². The summed E-state index contributed by atoms with van der Waals surface area (Å²) in [5.74, 6) is 1.07. The highest BCUT2D eigenvalue weighted by molar-refractivity contribution is 5.73. The fourth-order valence-corrected chi connectivity index (χ4v) is 13.3. The van der Waals surface area contributed by atoms with Crippen molar-refractivity contribution in [1.82, 2.24) is 9.80 Å². The third kappa shape index (κ3) is 5.58. The Morgan fingerprint density at radius 2 is 1.67 bits per heavy atom. The smallest absolute Gasteiger partial charge is 0.320 e. The van der Waals surface area contributed by atoms with Crippen LogP contribution in [0.5, 0.6) is 0 Å². The van der Waals surface area contributed by atoms with E-state index in [4.69, 9.17) is 14.2 Å². The molecule has 49 heavy (non-hydrogen) atoms. The quantitative estimate of drug-likeness (QED) is 0.288. The molecule has 7 unspecified atom stereocenters. The molecule has 1 aromatic carbocycles. The number of hydrogen-bond donors (Lipinski definition) is 0. The second-order valence-electron chi connectivity index (χ2n) is 18.0. The fourth-order valence-electron chi connectivity index (χ4n) is 13.3. The summed E-state index contributed by atoms with van der Waals surface area (Å²) in [7, 11) is 0. The summed E-state index contributed by atoms with van der Waals surface area (Å²) < 4.78 is 46.4. The van der Waals surface area contributed by atoms with Crippen LogP contribution in [0.15, 0.2) is 18.2 Å². The van der Waals surface area contributed by atoms with Crippen LogP contribution >= 0.6 is 0 Å². The lowest BCUT2D eigenvalue weighted by atomic mass is 9.46. The summed E-state index contributed by atoms with van der Waals surface area (Å²) in [5.41, 5.74) is 1.50. The van der Waals surface area contributed by atoms with Crippen molar-refractivity contribution in [2.75, 3.05) is 39.4 Å². The molecule has 0 N–H and O–H groups in total. The number of morpholine rings is 1. The number of halogens is 2. The largest absolute Gasteiger partial charge is 0.461 e. The summed E-state index contributed by atoms with van der Waals surface area (Å²) in [6.45, 7) is 12.8. The third-order valence-electron chi connectivity index (χ3n) is 15.5. The Hall–Kier alpha value is -2.10. The minimum Gasteiger partial charge on any atom is -0.461 e. The Bertz CT molecular complexity index is 1450. The van der Waals surface area contributed by atoms with Crippen molar-refractivity contribution in [2.45, 2.75) is 117 Å². The van der Waals surface area contributed by atoms with Crippen LogP contribution in [0.4, 0.5) is 8.78 Å². The van der Waals surface area contributed by atoms with Gasteiger partial charge in [0.2, 0.25) is 5.91 Å². The van der Waals surface area contributed by atoms with Gasteiger partial charge in [-0.3, -0.25) is 14.5 Å². The fraction of sp³-hybridized carbons (Fsp3) is 0.800. The Balaban J connectivity index is 0.00000392. The molecule has 9 heteroatoms. The minimum absolute atomic E-state index is 0. The van der Waals surface area contributed by atoms with Gasteiger partial charge in [0.15, 0.2) is 0 Å². The Kier molecular flexibility index (Phi) is 8.51. The van der Waals surface area contributed by atoms with Gasteiger partial charge in [-0.1, -0.05) is 20.8 Å². The van der Waals surface area contributed by atoms with Gasteiger partial charge in [-0.2, -0.15) is 0 Å². The molecule has 272 valence electrons. The van der Waals surface area contributed by atoms with E-state index in [1.54, 1.807) is 4.90 Å². The molecule has 2 saturated heterocycles. The predicted molar refractivity (Wildman–Crippen MR) is 182 cm³/mol. The Labute approximate surface area is 292 Å². The maximum Gasteiger partial charge on any atom is 0.320 e. The standard InChI is InChI=1S/C40H56F2N2O5.H2/c1-25(45)44(21-26-17-27(41)19-28(42)18-26)22-29-5-6-31-33(48-29)20-32-30-7-8-34-37(2,3)35(49-36(46)23-43-13-15-47-16-14-43)9-10-40(34)24-39(30,40)12-11-38(31,32)4;/h17-19,29-35H,5-16,20-24H2,1-4H3;1H/t29?,30?,31?,32?,33?,34?,35-,38?,39-,40+;/m0./s1. The van der Waals surface area contributed by atoms with Gasteiger partial charge in [-0.05, 0) is 122 Å². The van der Waals surface area contributed by atoms with Gasteiger partial charge in [-0.15, -0.1) is 0 Å². The van der Waals surface area contributed by atoms with Crippen molar-refractivity contribution in [3.63, 3.8) is 0 Å². The molecular weight excluding hydrogens is 626 g/mol. The maximum atomic E-state index is 13.9. The lowest BCUT2D eigenvalue weighted by molar-refractivity contribution is -0.177. The van der Waals surface area contributed by atoms with Crippen molar-refractivity contribution in [3.8, 4) is 0 Å². The normalized spacial score (nSPS) is 42.1. The molecule has 8 rings (SSSR count). The SMILES string of the molecule is CC(=O)N(Cc1cc(F)cc(F)c1)CC1CCC2C(CC3C4CCC5C(C)(C)[C@@H](OC(=O)CN6CCOCC6)CC[C@@]56C[C@@]46CCC23C)O1.[HH]. The third-order valence-corrected chi connectivity index (χ3v) is 15.5. The zero-order chi connectivity index (χ0) is 34.3. The summed E-state index contributed by atoms with van der Waals surface area (Å²) in [6.07, 6.45) is 11.8. The van der Waals surface area contributed by atoms with Gasteiger partial charge in [0.05, 0.1) is 32.0 Å². The second kappa shape index (κ2) is 12.3. The van der Waals surface area contributed by atoms with E-state index in [2.05, 4.69) is 25.7 Å². The molecule has 7 aliphatic rings. The molecule has 0 aromatic heterocycles. The predicted octanol–water partition coefficient (Wildman–Crippen LogP) is 7.01. The number of carbonyl (C=O) groups is 2. The molecule has 1 amide bonds. The van der Waals surface area contributed by atoms with Crippen molar-refractivity contribution in [2.24, 2.45) is 45.3 Å². The van der Waals surface area contributed by atoms with E-state index in [1.807, 2.05) is 0 Å². The number of rotatable bonds is 7. The van der Waals surface area contributed by atoms with Gasteiger partial charge >= 0.3 is 5.97 Å². The van der Waals surface area contributed by atoms with Gasteiger partial charge in [0.1, 0.15) is 17.7 Å². The molecule has 7 fully saturated rings.